The van der Waals surface area contributed by atoms with Crippen molar-refractivity contribution in [3.05, 3.63) is 113 Å². The van der Waals surface area contributed by atoms with Crippen molar-refractivity contribution in [3.8, 4) is 0 Å². The average molecular weight is 449 g/mol. The average Bonchev–Trinajstić information content (AvgIpc) is 2.79. The number of carbonyl (C=O) groups is 1. The van der Waals surface area contributed by atoms with Crippen LogP contribution < -0.4 is 5.32 Å². The van der Waals surface area contributed by atoms with Crippen LogP contribution >= 0.6 is 0 Å². The smallest absolute Gasteiger partial charge is 0.251 e. The minimum atomic E-state index is -3.66. The van der Waals surface area contributed by atoms with Gasteiger partial charge in [-0.05, 0) is 49.2 Å². The van der Waals surface area contributed by atoms with Gasteiger partial charge in [0.2, 0.25) is 10.0 Å². The Hall–Kier alpha value is -3.22. The van der Waals surface area contributed by atoms with E-state index < -0.39 is 10.0 Å². The second-order valence-corrected chi connectivity index (χ2v) is 9.70. The number of hydrogen-bond acceptors (Lipinski definition) is 3. The zero-order valence-corrected chi connectivity index (χ0v) is 19.2. The second kappa shape index (κ2) is 10.4. The molecule has 0 saturated heterocycles. The fourth-order valence-corrected chi connectivity index (χ4v) is 4.61. The summed E-state index contributed by atoms with van der Waals surface area (Å²) in [5, 5.41) is 2.91. The highest BCUT2D eigenvalue weighted by Crippen LogP contribution is 2.19. The molecule has 1 N–H and O–H groups in total. The molecule has 0 heterocycles. The van der Waals surface area contributed by atoms with Crippen molar-refractivity contribution in [2.75, 3.05) is 6.54 Å². The summed E-state index contributed by atoms with van der Waals surface area (Å²) in [6.45, 7) is 8.45. The first-order valence-electron chi connectivity index (χ1n) is 10.4. The lowest BCUT2D eigenvalue weighted by atomic mass is 10.1. The summed E-state index contributed by atoms with van der Waals surface area (Å²) in [5.74, 6) is -0.174. The Labute approximate surface area is 190 Å². The van der Waals surface area contributed by atoms with E-state index in [1.54, 1.807) is 54.6 Å². The van der Waals surface area contributed by atoms with E-state index in [1.165, 1.54) is 9.87 Å². The monoisotopic (exact) mass is 448 g/mol. The number of aryl methyl sites for hydroxylation is 2. The van der Waals surface area contributed by atoms with Crippen LogP contribution in [0, 0.1) is 13.8 Å². The molecule has 0 radical (unpaired) electrons. The van der Waals surface area contributed by atoms with Gasteiger partial charge in [0.1, 0.15) is 0 Å². The third-order valence-corrected chi connectivity index (χ3v) is 6.97. The molecule has 3 rings (SSSR count). The van der Waals surface area contributed by atoms with Crippen molar-refractivity contribution in [1.29, 1.82) is 0 Å². The SMILES string of the molecule is C=CCN(Cc1ccc(C(=O)NCc2ccc(C)cc2)cc1)S(=O)(=O)c1ccc(C)cc1. The largest absolute Gasteiger partial charge is 0.348 e. The van der Waals surface area contributed by atoms with Gasteiger partial charge >= 0.3 is 0 Å². The van der Waals surface area contributed by atoms with Crippen LogP contribution in [0.4, 0.5) is 0 Å². The van der Waals surface area contributed by atoms with Crippen LogP contribution in [0.15, 0.2) is 90.3 Å². The molecule has 166 valence electrons. The van der Waals surface area contributed by atoms with Gasteiger partial charge in [-0.15, -0.1) is 6.58 Å². The van der Waals surface area contributed by atoms with E-state index in [0.717, 1.165) is 16.7 Å². The maximum atomic E-state index is 13.1. The summed E-state index contributed by atoms with van der Waals surface area (Å²) in [6, 6.07) is 21.8. The van der Waals surface area contributed by atoms with Gasteiger partial charge in [-0.25, -0.2) is 8.42 Å². The van der Waals surface area contributed by atoms with Crippen LogP contribution in [0.2, 0.25) is 0 Å². The molecular weight excluding hydrogens is 420 g/mol. The fraction of sp³-hybridized carbons (Fsp3) is 0.192. The van der Waals surface area contributed by atoms with Gasteiger partial charge in [0, 0.05) is 25.2 Å². The van der Waals surface area contributed by atoms with Crippen LogP contribution in [0.5, 0.6) is 0 Å². The van der Waals surface area contributed by atoms with E-state index >= 15 is 0 Å². The molecule has 6 heteroatoms. The Bertz CT molecular complexity index is 1170. The number of amides is 1. The van der Waals surface area contributed by atoms with Gasteiger partial charge in [-0.3, -0.25) is 4.79 Å². The lowest BCUT2D eigenvalue weighted by molar-refractivity contribution is 0.0951. The van der Waals surface area contributed by atoms with E-state index in [4.69, 9.17) is 0 Å². The number of hydrogen-bond donors (Lipinski definition) is 1. The third-order valence-electron chi connectivity index (χ3n) is 5.14. The quantitative estimate of drug-likeness (QED) is 0.486. The van der Waals surface area contributed by atoms with Crippen molar-refractivity contribution >= 4 is 15.9 Å². The van der Waals surface area contributed by atoms with Gasteiger partial charge in [0.15, 0.2) is 0 Å². The second-order valence-electron chi connectivity index (χ2n) is 7.76. The summed E-state index contributed by atoms with van der Waals surface area (Å²) in [7, 11) is -3.66. The minimum Gasteiger partial charge on any atom is -0.348 e. The lowest BCUT2D eigenvalue weighted by Crippen LogP contribution is -2.31. The van der Waals surface area contributed by atoms with Crippen molar-refractivity contribution < 1.29 is 13.2 Å². The number of carbonyl (C=O) groups excluding carboxylic acids is 1. The molecule has 0 saturated carbocycles. The van der Waals surface area contributed by atoms with Crippen LogP contribution in [0.1, 0.15) is 32.6 Å². The van der Waals surface area contributed by atoms with Crippen molar-refractivity contribution in [3.63, 3.8) is 0 Å². The Kier molecular flexibility index (Phi) is 7.62. The van der Waals surface area contributed by atoms with E-state index in [0.29, 0.717) is 12.1 Å². The molecule has 0 aliphatic heterocycles. The van der Waals surface area contributed by atoms with Crippen LogP contribution in [-0.2, 0) is 23.1 Å². The Morgan fingerprint density at radius 3 is 1.97 bits per heavy atom. The van der Waals surface area contributed by atoms with E-state index in [2.05, 4.69) is 11.9 Å². The first-order valence-corrected chi connectivity index (χ1v) is 11.8. The van der Waals surface area contributed by atoms with Crippen LogP contribution in [-0.4, -0.2) is 25.2 Å². The van der Waals surface area contributed by atoms with E-state index in [-0.39, 0.29) is 23.9 Å². The maximum Gasteiger partial charge on any atom is 0.251 e. The molecule has 3 aromatic carbocycles. The van der Waals surface area contributed by atoms with Crippen LogP contribution in [0.3, 0.4) is 0 Å². The summed E-state index contributed by atoms with van der Waals surface area (Å²) in [5.41, 5.74) is 4.51. The maximum absolute atomic E-state index is 13.1. The first kappa shape index (κ1) is 23.4. The Morgan fingerprint density at radius 1 is 0.875 bits per heavy atom. The van der Waals surface area contributed by atoms with Crippen molar-refractivity contribution in [2.24, 2.45) is 0 Å². The highest BCUT2D eigenvalue weighted by Gasteiger charge is 2.23. The predicted molar refractivity (Wildman–Crippen MR) is 128 cm³/mol. The summed E-state index contributed by atoms with van der Waals surface area (Å²) in [4.78, 5) is 12.7. The molecule has 5 nitrogen and oxygen atoms in total. The number of benzene rings is 3. The summed E-state index contributed by atoms with van der Waals surface area (Å²) < 4.78 is 27.5. The molecule has 1 amide bonds. The Morgan fingerprint density at radius 2 is 1.41 bits per heavy atom. The minimum absolute atomic E-state index is 0.174. The molecule has 0 unspecified atom stereocenters. The number of rotatable bonds is 9. The normalized spacial score (nSPS) is 11.3. The lowest BCUT2D eigenvalue weighted by Gasteiger charge is -2.21. The van der Waals surface area contributed by atoms with Gasteiger partial charge in [-0.1, -0.05) is 65.7 Å². The molecule has 0 aliphatic rings. The summed E-state index contributed by atoms with van der Waals surface area (Å²) in [6.07, 6.45) is 1.57. The highest BCUT2D eigenvalue weighted by molar-refractivity contribution is 7.89. The molecule has 0 atom stereocenters. The number of sulfonamides is 1. The van der Waals surface area contributed by atoms with Gasteiger partial charge in [0.25, 0.3) is 5.91 Å². The number of nitrogens with one attached hydrogen (secondary N) is 1. The van der Waals surface area contributed by atoms with Gasteiger partial charge in [0.05, 0.1) is 4.90 Å². The highest BCUT2D eigenvalue weighted by atomic mass is 32.2. The fourth-order valence-electron chi connectivity index (χ4n) is 3.21. The van der Waals surface area contributed by atoms with Gasteiger partial charge < -0.3 is 5.32 Å². The van der Waals surface area contributed by atoms with Crippen LogP contribution in [0.25, 0.3) is 0 Å². The molecule has 0 aromatic heterocycles. The molecule has 0 spiro atoms. The topological polar surface area (TPSA) is 66.5 Å². The predicted octanol–water partition coefficient (Wildman–Crippen LogP) is 4.61. The standard InChI is InChI=1S/C26H28N2O3S/c1-4-17-28(32(30,31)25-15-7-21(3)8-16-25)19-23-11-13-24(14-12-23)26(29)27-18-22-9-5-20(2)6-10-22/h4-16H,1,17-19H2,2-3H3,(H,27,29). The third kappa shape index (κ3) is 5.93. The van der Waals surface area contributed by atoms with E-state index in [9.17, 15) is 13.2 Å². The zero-order chi connectivity index (χ0) is 23.1. The molecule has 0 aliphatic carbocycles. The molecule has 0 bridgehead atoms. The first-order chi connectivity index (χ1) is 15.3. The zero-order valence-electron chi connectivity index (χ0n) is 18.4. The van der Waals surface area contributed by atoms with E-state index in [1.807, 2.05) is 38.1 Å². The number of nitrogens with zero attached hydrogens (tertiary/aromatic N) is 1. The van der Waals surface area contributed by atoms with Gasteiger partial charge in [-0.2, -0.15) is 4.31 Å². The molecule has 0 fully saturated rings. The molecular formula is C26H28N2O3S. The molecule has 3 aromatic rings. The summed E-state index contributed by atoms with van der Waals surface area (Å²) >= 11 is 0. The Balaban J connectivity index is 1.68. The van der Waals surface area contributed by atoms with Crippen molar-refractivity contribution in [1.82, 2.24) is 9.62 Å². The molecule has 32 heavy (non-hydrogen) atoms. The van der Waals surface area contributed by atoms with Crippen molar-refractivity contribution in [2.45, 2.75) is 31.8 Å².